The van der Waals surface area contributed by atoms with Crippen molar-refractivity contribution in [3.63, 3.8) is 0 Å². The van der Waals surface area contributed by atoms with Crippen LogP contribution in [0.3, 0.4) is 0 Å². The van der Waals surface area contributed by atoms with Gasteiger partial charge in [-0.15, -0.1) is 0 Å². The first kappa shape index (κ1) is 10.8. The molecule has 2 aliphatic rings. The van der Waals surface area contributed by atoms with Crippen LogP contribution < -0.4 is 5.32 Å². The Morgan fingerprint density at radius 3 is 2.76 bits per heavy atom. The van der Waals surface area contributed by atoms with Gasteiger partial charge >= 0.3 is 0 Å². The third kappa shape index (κ3) is 1.86. The summed E-state index contributed by atoms with van der Waals surface area (Å²) >= 11 is 0. The molecule has 0 radical (unpaired) electrons. The van der Waals surface area contributed by atoms with Gasteiger partial charge in [0.05, 0.1) is 6.04 Å². The Kier molecular flexibility index (Phi) is 2.65. The van der Waals surface area contributed by atoms with E-state index in [4.69, 9.17) is 0 Å². The molecule has 90 valence electrons. The van der Waals surface area contributed by atoms with Crippen molar-refractivity contribution in [2.24, 2.45) is 11.8 Å². The van der Waals surface area contributed by atoms with Gasteiger partial charge in [0.2, 0.25) is 5.91 Å². The highest BCUT2D eigenvalue weighted by Crippen LogP contribution is 2.36. The van der Waals surface area contributed by atoms with E-state index in [9.17, 15) is 4.79 Å². The summed E-state index contributed by atoms with van der Waals surface area (Å²) in [5, 5.41) is 3.25. The Balaban J connectivity index is 1.76. The summed E-state index contributed by atoms with van der Waals surface area (Å²) in [4.78, 5) is 12.0. The first-order valence-electron chi connectivity index (χ1n) is 6.64. The summed E-state index contributed by atoms with van der Waals surface area (Å²) < 4.78 is 0. The maximum atomic E-state index is 12.0. The van der Waals surface area contributed by atoms with Gasteiger partial charge in [-0.2, -0.15) is 0 Å². The highest BCUT2D eigenvalue weighted by atomic mass is 16.2. The number of carbonyl (C=O) groups is 1. The molecule has 0 saturated heterocycles. The number of amides is 1. The average molecular weight is 229 g/mol. The van der Waals surface area contributed by atoms with Crippen LogP contribution in [-0.4, -0.2) is 5.91 Å². The smallest absolute Gasteiger partial charge is 0.223 e. The number of nitrogens with one attached hydrogen (secondary N) is 1. The molecule has 1 aromatic carbocycles. The Morgan fingerprint density at radius 1 is 1.29 bits per heavy atom. The largest absolute Gasteiger partial charge is 0.349 e. The molecule has 0 bridgehead atoms. The van der Waals surface area contributed by atoms with E-state index in [1.54, 1.807) is 0 Å². The Morgan fingerprint density at radius 2 is 2.06 bits per heavy atom. The quantitative estimate of drug-likeness (QED) is 0.830. The molecule has 2 nitrogen and oxygen atoms in total. The lowest BCUT2D eigenvalue weighted by Gasteiger charge is -2.27. The fourth-order valence-electron chi connectivity index (χ4n) is 2.96. The molecule has 17 heavy (non-hydrogen) atoms. The van der Waals surface area contributed by atoms with Crippen molar-refractivity contribution in [1.82, 2.24) is 5.32 Å². The summed E-state index contributed by atoms with van der Waals surface area (Å²) in [6.45, 7) is 2.23. The predicted octanol–water partition coefficient (Wildman–Crippen LogP) is 2.84. The molecule has 0 aromatic heterocycles. The van der Waals surface area contributed by atoms with Crippen molar-refractivity contribution >= 4 is 5.91 Å². The van der Waals surface area contributed by atoms with E-state index in [-0.39, 0.29) is 17.9 Å². The molecule has 2 unspecified atom stereocenters. The molecule has 3 rings (SSSR count). The van der Waals surface area contributed by atoms with E-state index >= 15 is 0 Å². The number of rotatable bonds is 2. The zero-order chi connectivity index (χ0) is 11.8. The maximum absolute atomic E-state index is 12.0. The third-order valence-corrected chi connectivity index (χ3v) is 4.27. The lowest BCUT2D eigenvalue weighted by Crippen LogP contribution is -2.38. The number of hydrogen-bond acceptors (Lipinski definition) is 1. The highest BCUT2D eigenvalue weighted by Gasteiger charge is 2.33. The number of hydrogen-bond donors (Lipinski definition) is 1. The summed E-state index contributed by atoms with van der Waals surface area (Å²) in [6, 6.07) is 8.73. The normalized spacial score (nSPS) is 27.4. The Hall–Kier alpha value is -1.31. The van der Waals surface area contributed by atoms with E-state index in [1.807, 2.05) is 0 Å². The first-order valence-corrected chi connectivity index (χ1v) is 6.64. The third-order valence-electron chi connectivity index (χ3n) is 4.27. The van der Waals surface area contributed by atoms with Crippen molar-refractivity contribution in [3.05, 3.63) is 35.4 Å². The zero-order valence-electron chi connectivity index (χ0n) is 10.3. The van der Waals surface area contributed by atoms with Gasteiger partial charge in [-0.1, -0.05) is 37.6 Å². The Labute approximate surface area is 102 Å². The number of carbonyl (C=O) groups excluding carboxylic acids is 1. The topological polar surface area (TPSA) is 29.1 Å². The van der Waals surface area contributed by atoms with Crippen molar-refractivity contribution in [2.75, 3.05) is 0 Å². The lowest BCUT2D eigenvalue weighted by atomic mass is 9.84. The van der Waals surface area contributed by atoms with Crippen molar-refractivity contribution in [3.8, 4) is 0 Å². The molecule has 2 aliphatic carbocycles. The van der Waals surface area contributed by atoms with Gasteiger partial charge in [0.15, 0.2) is 0 Å². The van der Waals surface area contributed by atoms with E-state index < -0.39 is 0 Å². The van der Waals surface area contributed by atoms with Crippen LogP contribution >= 0.6 is 0 Å². The maximum Gasteiger partial charge on any atom is 0.223 e. The fraction of sp³-hybridized carbons (Fsp3) is 0.533. The minimum absolute atomic E-state index is 0.235. The monoisotopic (exact) mass is 229 g/mol. The summed E-state index contributed by atoms with van der Waals surface area (Å²) in [5.41, 5.74) is 2.73. The van der Waals surface area contributed by atoms with Gasteiger partial charge in [0, 0.05) is 5.92 Å². The van der Waals surface area contributed by atoms with E-state index in [0.717, 1.165) is 19.3 Å². The van der Waals surface area contributed by atoms with Crippen LogP contribution in [0.1, 0.15) is 43.4 Å². The van der Waals surface area contributed by atoms with Crippen molar-refractivity contribution in [2.45, 2.75) is 38.6 Å². The second-order valence-corrected chi connectivity index (χ2v) is 5.49. The van der Waals surface area contributed by atoms with Gasteiger partial charge in [-0.25, -0.2) is 0 Å². The van der Waals surface area contributed by atoms with Gasteiger partial charge in [-0.3, -0.25) is 4.79 Å². The lowest BCUT2D eigenvalue weighted by molar-refractivity contribution is -0.128. The number of fused-ring (bicyclic) bond motifs is 1. The van der Waals surface area contributed by atoms with E-state index in [0.29, 0.717) is 5.92 Å². The van der Waals surface area contributed by atoms with Gasteiger partial charge in [0.25, 0.3) is 0 Å². The van der Waals surface area contributed by atoms with Crippen LogP contribution in [0.4, 0.5) is 0 Å². The average Bonchev–Trinajstić information content (AvgIpc) is 2.53. The van der Waals surface area contributed by atoms with Crippen molar-refractivity contribution in [1.29, 1.82) is 0 Å². The molecule has 2 heteroatoms. The summed E-state index contributed by atoms with van der Waals surface area (Å²) in [6.07, 6.45) is 4.46. The molecule has 1 aromatic rings. The molecular weight excluding hydrogens is 210 g/mol. The van der Waals surface area contributed by atoms with Crippen LogP contribution in [0.5, 0.6) is 0 Å². The van der Waals surface area contributed by atoms with Crippen molar-refractivity contribution < 1.29 is 4.79 Å². The molecule has 1 fully saturated rings. The van der Waals surface area contributed by atoms with Crippen LogP contribution in [0.25, 0.3) is 0 Å². The summed E-state index contributed by atoms with van der Waals surface area (Å²) in [7, 11) is 0. The minimum Gasteiger partial charge on any atom is -0.349 e. The van der Waals surface area contributed by atoms with Crippen LogP contribution in [0.15, 0.2) is 24.3 Å². The van der Waals surface area contributed by atoms with E-state index in [2.05, 4.69) is 36.5 Å². The van der Waals surface area contributed by atoms with Crippen LogP contribution in [0, 0.1) is 11.8 Å². The Bertz CT molecular complexity index is 436. The second kappa shape index (κ2) is 4.17. The molecule has 2 atom stereocenters. The number of benzene rings is 1. The summed E-state index contributed by atoms with van der Waals surface area (Å²) in [5.74, 6) is 1.08. The molecule has 1 N–H and O–H groups in total. The van der Waals surface area contributed by atoms with E-state index in [1.165, 1.54) is 17.5 Å². The van der Waals surface area contributed by atoms with Gasteiger partial charge in [0.1, 0.15) is 0 Å². The van der Waals surface area contributed by atoms with Crippen LogP contribution in [0.2, 0.25) is 0 Å². The van der Waals surface area contributed by atoms with Gasteiger partial charge < -0.3 is 5.32 Å². The van der Waals surface area contributed by atoms with Gasteiger partial charge in [-0.05, 0) is 36.3 Å². The standard InChI is InChI=1S/C15H19NO/c1-10-9-12-5-2-3-8-13(12)14(10)16-15(17)11-6-4-7-11/h2-3,5,8,10-11,14H,4,6-7,9H2,1H3,(H,16,17). The molecule has 1 amide bonds. The highest BCUT2D eigenvalue weighted by molar-refractivity contribution is 5.80. The fourth-order valence-corrected chi connectivity index (χ4v) is 2.96. The SMILES string of the molecule is CC1Cc2ccccc2C1NC(=O)C1CCC1. The second-order valence-electron chi connectivity index (χ2n) is 5.49. The molecule has 0 heterocycles. The van der Waals surface area contributed by atoms with Crippen LogP contribution in [-0.2, 0) is 11.2 Å². The minimum atomic E-state index is 0.235. The molecule has 0 aliphatic heterocycles. The molecular formula is C15H19NO. The zero-order valence-corrected chi connectivity index (χ0v) is 10.3. The first-order chi connectivity index (χ1) is 8.25. The molecule has 1 saturated carbocycles. The predicted molar refractivity (Wildman–Crippen MR) is 67.5 cm³/mol. The molecule has 0 spiro atoms.